The lowest BCUT2D eigenvalue weighted by molar-refractivity contribution is -0.136. The van der Waals surface area contributed by atoms with Crippen molar-refractivity contribution in [1.82, 2.24) is 9.47 Å². The lowest BCUT2D eigenvalue weighted by Gasteiger charge is -2.42. The molecule has 36 heavy (non-hydrogen) atoms. The molecule has 0 unspecified atom stereocenters. The molecule has 5 rings (SSSR count). The molecule has 9 nitrogen and oxygen atoms in total. The van der Waals surface area contributed by atoms with Crippen LogP contribution in [0.25, 0.3) is 0 Å². The third-order valence-corrected chi connectivity index (χ3v) is 6.56. The van der Waals surface area contributed by atoms with E-state index >= 15 is 0 Å². The highest BCUT2D eigenvalue weighted by Gasteiger charge is 2.36. The second kappa shape index (κ2) is 9.96. The summed E-state index contributed by atoms with van der Waals surface area (Å²) in [6.07, 6.45) is 0.908. The van der Waals surface area contributed by atoms with Gasteiger partial charge in [0.25, 0.3) is 11.5 Å². The molecule has 2 bridgehead atoms. The Morgan fingerprint density at radius 1 is 1.00 bits per heavy atom. The van der Waals surface area contributed by atoms with Gasteiger partial charge >= 0.3 is 6.03 Å². The molecule has 182 valence electrons. The molecule has 1 saturated heterocycles. The van der Waals surface area contributed by atoms with Crippen LogP contribution in [0, 0.1) is 17.2 Å². The summed E-state index contributed by atoms with van der Waals surface area (Å²) in [5, 5.41) is 14.3. The molecule has 0 radical (unpaired) electrons. The normalized spacial score (nSPS) is 17.9. The first kappa shape index (κ1) is 23.2. The smallest absolute Gasteiger partial charge is 0.323 e. The van der Waals surface area contributed by atoms with E-state index in [0.717, 1.165) is 12.1 Å². The van der Waals surface area contributed by atoms with Crippen molar-refractivity contribution < 1.29 is 14.3 Å². The van der Waals surface area contributed by atoms with Gasteiger partial charge in [0.15, 0.2) is 6.61 Å². The molecule has 3 heterocycles. The fraction of sp³-hybridized carbons (Fsp3) is 0.259. The summed E-state index contributed by atoms with van der Waals surface area (Å²) in [7, 11) is 0. The summed E-state index contributed by atoms with van der Waals surface area (Å²) in [5.41, 5.74) is 1.66. The molecule has 2 N–H and O–H groups in total. The number of nitriles is 1. The zero-order chi connectivity index (χ0) is 25.1. The average Bonchev–Trinajstić information content (AvgIpc) is 2.89. The summed E-state index contributed by atoms with van der Waals surface area (Å²) >= 11 is 0. The van der Waals surface area contributed by atoms with Gasteiger partial charge in [0.2, 0.25) is 0 Å². The van der Waals surface area contributed by atoms with Gasteiger partial charge in [0.05, 0.1) is 11.6 Å². The molecule has 1 fully saturated rings. The Balaban J connectivity index is 1.25. The number of piperidine rings is 1. The van der Waals surface area contributed by atoms with Gasteiger partial charge in [-0.2, -0.15) is 5.26 Å². The number of benzene rings is 2. The van der Waals surface area contributed by atoms with E-state index in [4.69, 9.17) is 10.00 Å². The molecular weight excluding hydrogens is 458 g/mol. The Kier molecular flexibility index (Phi) is 6.41. The first-order valence-electron chi connectivity index (χ1n) is 11.8. The first-order chi connectivity index (χ1) is 17.5. The van der Waals surface area contributed by atoms with Gasteiger partial charge in [-0.1, -0.05) is 24.3 Å². The van der Waals surface area contributed by atoms with E-state index < -0.39 is 6.03 Å². The number of ether oxygens (including phenoxy) is 1. The van der Waals surface area contributed by atoms with Crippen molar-refractivity contribution in [2.45, 2.75) is 18.9 Å². The number of likely N-dealkylation sites (tertiary alicyclic amines) is 1. The molecule has 2 aromatic carbocycles. The predicted octanol–water partition coefficient (Wildman–Crippen LogP) is 3.39. The van der Waals surface area contributed by atoms with Gasteiger partial charge in [0, 0.05) is 36.9 Å². The summed E-state index contributed by atoms with van der Waals surface area (Å²) in [4.78, 5) is 40.3. The number of carbonyl (C=O) groups excluding carboxylic acids is 2. The van der Waals surface area contributed by atoms with Crippen LogP contribution in [-0.4, -0.2) is 41.1 Å². The van der Waals surface area contributed by atoms with Crippen molar-refractivity contribution in [2.75, 3.05) is 30.3 Å². The fourth-order valence-electron chi connectivity index (χ4n) is 4.95. The number of nitrogens with one attached hydrogen (secondary N) is 2. The van der Waals surface area contributed by atoms with Crippen LogP contribution >= 0.6 is 0 Å². The molecule has 3 amide bonds. The van der Waals surface area contributed by atoms with Gasteiger partial charge in [-0.15, -0.1) is 0 Å². The molecule has 0 aliphatic carbocycles. The molecule has 2 atom stereocenters. The molecule has 9 heteroatoms. The second-order valence-corrected chi connectivity index (χ2v) is 9.06. The SMILES string of the molecule is N#Cc1cccc(NC(=O)Nc2ccc3n(c2=O)C[C@H]2C[C@@H]3CN(C(=O)COc3ccccc3)C2)c1. The van der Waals surface area contributed by atoms with Gasteiger partial charge in [-0.25, -0.2) is 4.79 Å². The number of anilines is 2. The van der Waals surface area contributed by atoms with Gasteiger partial charge < -0.3 is 24.8 Å². The summed E-state index contributed by atoms with van der Waals surface area (Å²) in [6, 6.07) is 20.7. The predicted molar refractivity (Wildman–Crippen MR) is 134 cm³/mol. The van der Waals surface area contributed by atoms with Crippen LogP contribution in [0.3, 0.4) is 0 Å². The minimum atomic E-state index is -0.561. The molecular formula is C27H25N5O4. The zero-order valence-corrected chi connectivity index (χ0v) is 19.5. The monoisotopic (exact) mass is 483 g/mol. The Bertz CT molecular complexity index is 1400. The van der Waals surface area contributed by atoms with Crippen LogP contribution < -0.4 is 20.9 Å². The van der Waals surface area contributed by atoms with Crippen molar-refractivity contribution >= 4 is 23.3 Å². The number of amides is 3. The van der Waals surface area contributed by atoms with E-state index in [-0.39, 0.29) is 35.6 Å². The van der Waals surface area contributed by atoms with Gasteiger partial charge in [0.1, 0.15) is 11.4 Å². The molecule has 0 saturated carbocycles. The number of para-hydroxylation sites is 1. The summed E-state index contributed by atoms with van der Waals surface area (Å²) in [5.74, 6) is 0.774. The lowest BCUT2D eigenvalue weighted by atomic mass is 9.83. The summed E-state index contributed by atoms with van der Waals surface area (Å²) < 4.78 is 7.35. The number of pyridine rings is 1. The van der Waals surface area contributed by atoms with Crippen LogP contribution in [0.1, 0.15) is 23.6 Å². The molecule has 0 spiro atoms. The largest absolute Gasteiger partial charge is 0.484 e. The number of hydrogen-bond acceptors (Lipinski definition) is 5. The molecule has 2 aliphatic heterocycles. The van der Waals surface area contributed by atoms with E-state index in [9.17, 15) is 14.4 Å². The Hall–Kier alpha value is -4.58. The average molecular weight is 484 g/mol. The van der Waals surface area contributed by atoms with Crippen LogP contribution in [0.4, 0.5) is 16.2 Å². The number of hydrogen-bond donors (Lipinski definition) is 2. The minimum Gasteiger partial charge on any atom is -0.484 e. The minimum absolute atomic E-state index is 0.0223. The third-order valence-electron chi connectivity index (χ3n) is 6.56. The second-order valence-electron chi connectivity index (χ2n) is 9.06. The summed E-state index contributed by atoms with van der Waals surface area (Å²) in [6.45, 7) is 1.54. The van der Waals surface area contributed by atoms with Crippen molar-refractivity contribution in [1.29, 1.82) is 5.26 Å². The van der Waals surface area contributed by atoms with Crippen LogP contribution in [0.2, 0.25) is 0 Å². The highest BCUT2D eigenvalue weighted by Crippen LogP contribution is 2.35. The maximum atomic E-state index is 13.2. The third kappa shape index (κ3) is 4.93. The number of urea groups is 1. The Morgan fingerprint density at radius 2 is 1.83 bits per heavy atom. The van der Waals surface area contributed by atoms with E-state index in [0.29, 0.717) is 36.6 Å². The quantitative estimate of drug-likeness (QED) is 0.577. The first-order valence-corrected chi connectivity index (χ1v) is 11.8. The van der Waals surface area contributed by atoms with E-state index in [1.165, 1.54) is 0 Å². The van der Waals surface area contributed by atoms with E-state index in [1.54, 1.807) is 34.9 Å². The maximum Gasteiger partial charge on any atom is 0.323 e. The fourth-order valence-corrected chi connectivity index (χ4v) is 4.95. The van der Waals surface area contributed by atoms with Crippen molar-refractivity contribution in [3.63, 3.8) is 0 Å². The Morgan fingerprint density at radius 3 is 2.64 bits per heavy atom. The molecule has 3 aromatic rings. The van der Waals surface area contributed by atoms with Gasteiger partial charge in [-0.05, 0) is 54.8 Å². The van der Waals surface area contributed by atoms with Crippen LogP contribution in [0.5, 0.6) is 5.75 Å². The Labute approximate surface area is 207 Å². The molecule has 1 aromatic heterocycles. The number of aromatic nitrogens is 1. The number of carbonyl (C=O) groups is 2. The van der Waals surface area contributed by atoms with Crippen LogP contribution in [-0.2, 0) is 11.3 Å². The standard InChI is InChI=1S/C27H25N5O4/c28-13-18-5-4-6-21(12-18)29-27(35)30-23-9-10-24-20-11-19(15-32(24)26(23)34)14-31(16-20)25(33)17-36-22-7-2-1-3-8-22/h1-10,12,19-20H,11,14-17H2,(H2,29,30,35)/t19-,20+/m0/s1. The van der Waals surface area contributed by atoms with Crippen molar-refractivity contribution in [3.8, 4) is 11.8 Å². The number of rotatable bonds is 5. The lowest BCUT2D eigenvalue weighted by Crippen LogP contribution is -2.50. The van der Waals surface area contributed by atoms with Gasteiger partial charge in [-0.3, -0.25) is 9.59 Å². The number of nitrogens with zero attached hydrogens (tertiary/aromatic N) is 3. The molecule has 2 aliphatic rings. The van der Waals surface area contributed by atoms with Crippen LogP contribution in [0.15, 0.2) is 71.5 Å². The maximum absolute atomic E-state index is 13.2. The zero-order valence-electron chi connectivity index (χ0n) is 19.5. The van der Waals surface area contributed by atoms with Crippen molar-refractivity contribution in [2.24, 2.45) is 5.92 Å². The highest BCUT2D eigenvalue weighted by atomic mass is 16.5. The van der Waals surface area contributed by atoms with E-state index in [2.05, 4.69) is 10.6 Å². The number of fused-ring (bicyclic) bond motifs is 4. The van der Waals surface area contributed by atoms with Crippen molar-refractivity contribution in [3.05, 3.63) is 88.3 Å². The van der Waals surface area contributed by atoms with E-state index in [1.807, 2.05) is 47.4 Å². The topological polar surface area (TPSA) is 116 Å². The highest BCUT2D eigenvalue weighted by molar-refractivity contribution is 5.99.